The molecule has 0 spiro atoms. The summed E-state index contributed by atoms with van der Waals surface area (Å²) in [5.74, 6) is 1.52. The van der Waals surface area contributed by atoms with Gasteiger partial charge in [0.05, 0.1) is 17.7 Å². The van der Waals surface area contributed by atoms with Crippen LogP contribution < -0.4 is 4.74 Å². The molecule has 2 aromatic heterocycles. The van der Waals surface area contributed by atoms with Crippen molar-refractivity contribution < 1.29 is 14.0 Å². The summed E-state index contributed by atoms with van der Waals surface area (Å²) in [6.07, 6.45) is 1.83. The first kappa shape index (κ1) is 14.1. The van der Waals surface area contributed by atoms with Gasteiger partial charge in [-0.05, 0) is 31.9 Å². The molecule has 6 heteroatoms. The van der Waals surface area contributed by atoms with Crippen LogP contribution in [0.5, 0.6) is 5.88 Å². The summed E-state index contributed by atoms with van der Waals surface area (Å²) >= 11 is 0. The van der Waals surface area contributed by atoms with Gasteiger partial charge < -0.3 is 14.0 Å². The molecule has 1 unspecified atom stereocenters. The van der Waals surface area contributed by atoms with Gasteiger partial charge in [0.25, 0.3) is 5.89 Å². The lowest BCUT2D eigenvalue weighted by Gasteiger charge is -2.08. The van der Waals surface area contributed by atoms with Crippen molar-refractivity contribution >= 4 is 10.9 Å². The summed E-state index contributed by atoms with van der Waals surface area (Å²) in [6, 6.07) is 9.87. The number of ether oxygens (including phenoxy) is 2. The second kappa shape index (κ2) is 5.96. The average Bonchev–Trinajstić information content (AvgIpc) is 3.26. The zero-order valence-electron chi connectivity index (χ0n) is 12.9. The SMILES string of the molecule is CCOc1nc2ccccc2cc1-c1noc(C2CCCO2)n1. The van der Waals surface area contributed by atoms with Crippen LogP contribution in [0.1, 0.15) is 31.8 Å². The number of fused-ring (bicyclic) bond motifs is 1. The lowest BCUT2D eigenvalue weighted by Crippen LogP contribution is -1.99. The van der Waals surface area contributed by atoms with E-state index >= 15 is 0 Å². The van der Waals surface area contributed by atoms with Crippen molar-refractivity contribution in [2.24, 2.45) is 0 Å². The van der Waals surface area contributed by atoms with Crippen molar-refractivity contribution in [1.82, 2.24) is 15.1 Å². The fourth-order valence-electron chi connectivity index (χ4n) is 2.75. The molecule has 1 aliphatic heterocycles. The van der Waals surface area contributed by atoms with Gasteiger partial charge in [0.1, 0.15) is 6.10 Å². The second-order valence-electron chi connectivity index (χ2n) is 5.42. The maximum atomic E-state index is 5.67. The average molecular weight is 311 g/mol. The number of hydrogen-bond acceptors (Lipinski definition) is 6. The van der Waals surface area contributed by atoms with E-state index < -0.39 is 0 Å². The van der Waals surface area contributed by atoms with Gasteiger partial charge in [0.2, 0.25) is 11.7 Å². The molecule has 0 amide bonds. The number of hydrogen-bond donors (Lipinski definition) is 0. The molecule has 0 saturated carbocycles. The maximum absolute atomic E-state index is 5.67. The largest absolute Gasteiger partial charge is 0.477 e. The van der Waals surface area contributed by atoms with Gasteiger partial charge in [0, 0.05) is 12.0 Å². The third-order valence-corrected chi connectivity index (χ3v) is 3.86. The Balaban J connectivity index is 1.78. The molecule has 4 rings (SSSR count). The molecule has 118 valence electrons. The summed E-state index contributed by atoms with van der Waals surface area (Å²) < 4.78 is 16.6. The Labute approximate surface area is 133 Å². The highest BCUT2D eigenvalue weighted by Crippen LogP contribution is 2.33. The Kier molecular flexibility index (Phi) is 3.67. The second-order valence-corrected chi connectivity index (χ2v) is 5.42. The minimum atomic E-state index is -0.0970. The highest BCUT2D eigenvalue weighted by molar-refractivity contribution is 5.84. The molecule has 0 radical (unpaired) electrons. The van der Waals surface area contributed by atoms with E-state index in [0.29, 0.717) is 24.2 Å². The summed E-state index contributed by atoms with van der Waals surface area (Å²) in [4.78, 5) is 9.06. The van der Waals surface area contributed by atoms with Gasteiger partial charge in [-0.2, -0.15) is 4.98 Å². The molecular formula is C17H17N3O3. The molecule has 0 aliphatic carbocycles. The van der Waals surface area contributed by atoms with E-state index in [1.807, 2.05) is 37.3 Å². The van der Waals surface area contributed by atoms with E-state index in [4.69, 9.17) is 14.0 Å². The van der Waals surface area contributed by atoms with E-state index in [1.54, 1.807) is 0 Å². The smallest absolute Gasteiger partial charge is 0.256 e. The summed E-state index contributed by atoms with van der Waals surface area (Å²) in [5.41, 5.74) is 1.61. The third kappa shape index (κ3) is 2.66. The van der Waals surface area contributed by atoms with Crippen molar-refractivity contribution in [3.8, 4) is 17.3 Å². The zero-order valence-corrected chi connectivity index (χ0v) is 12.9. The molecule has 6 nitrogen and oxygen atoms in total. The normalized spacial score (nSPS) is 17.7. The van der Waals surface area contributed by atoms with Crippen LogP contribution in [0.4, 0.5) is 0 Å². The van der Waals surface area contributed by atoms with Crippen LogP contribution in [-0.2, 0) is 4.74 Å². The topological polar surface area (TPSA) is 70.3 Å². The number of aromatic nitrogens is 3. The van der Waals surface area contributed by atoms with E-state index in [1.165, 1.54) is 0 Å². The first-order valence-corrected chi connectivity index (χ1v) is 7.83. The van der Waals surface area contributed by atoms with Crippen molar-refractivity contribution in [3.63, 3.8) is 0 Å². The molecule has 3 aromatic rings. The number of nitrogens with zero attached hydrogens (tertiary/aromatic N) is 3. The van der Waals surface area contributed by atoms with E-state index in [9.17, 15) is 0 Å². The molecule has 1 aliphatic rings. The lowest BCUT2D eigenvalue weighted by molar-refractivity contribution is 0.0835. The van der Waals surface area contributed by atoms with Crippen LogP contribution in [0.15, 0.2) is 34.9 Å². The summed E-state index contributed by atoms with van der Waals surface area (Å²) in [6.45, 7) is 3.19. The number of benzene rings is 1. The predicted octanol–water partition coefficient (Wildman–Crippen LogP) is 3.54. The standard InChI is InChI=1S/C17H17N3O3/c1-2-21-16-12(10-11-6-3-4-7-13(11)18-16)15-19-17(23-20-15)14-8-5-9-22-14/h3-4,6-7,10,14H,2,5,8-9H2,1H3. The maximum Gasteiger partial charge on any atom is 0.256 e. The van der Waals surface area contributed by atoms with Crippen molar-refractivity contribution in [2.75, 3.05) is 13.2 Å². The van der Waals surface area contributed by atoms with Crippen molar-refractivity contribution in [3.05, 3.63) is 36.2 Å². The van der Waals surface area contributed by atoms with Crippen molar-refractivity contribution in [2.45, 2.75) is 25.9 Å². The first-order chi connectivity index (χ1) is 11.3. The van der Waals surface area contributed by atoms with Crippen LogP contribution in [0, 0.1) is 0 Å². The first-order valence-electron chi connectivity index (χ1n) is 7.83. The number of rotatable bonds is 4. The van der Waals surface area contributed by atoms with E-state index in [-0.39, 0.29) is 6.10 Å². The van der Waals surface area contributed by atoms with Gasteiger partial charge >= 0.3 is 0 Å². The zero-order chi connectivity index (χ0) is 15.6. The molecule has 0 N–H and O–H groups in total. The Morgan fingerprint density at radius 3 is 3.00 bits per heavy atom. The molecular weight excluding hydrogens is 294 g/mol. The fourth-order valence-corrected chi connectivity index (χ4v) is 2.75. The fraction of sp³-hybridized carbons (Fsp3) is 0.353. The molecule has 1 saturated heterocycles. The van der Waals surface area contributed by atoms with E-state index in [2.05, 4.69) is 15.1 Å². The summed E-state index contributed by atoms with van der Waals surface area (Å²) in [7, 11) is 0. The van der Waals surface area contributed by atoms with Crippen LogP contribution in [-0.4, -0.2) is 28.3 Å². The van der Waals surface area contributed by atoms with Gasteiger partial charge in [0.15, 0.2) is 0 Å². The van der Waals surface area contributed by atoms with Crippen LogP contribution in [0.3, 0.4) is 0 Å². The van der Waals surface area contributed by atoms with Crippen LogP contribution in [0.2, 0.25) is 0 Å². The van der Waals surface area contributed by atoms with Gasteiger partial charge in [-0.15, -0.1) is 0 Å². The quantitative estimate of drug-likeness (QED) is 0.734. The van der Waals surface area contributed by atoms with Gasteiger partial charge in [-0.3, -0.25) is 0 Å². The monoisotopic (exact) mass is 311 g/mol. The van der Waals surface area contributed by atoms with Crippen LogP contribution >= 0.6 is 0 Å². The van der Waals surface area contributed by atoms with Gasteiger partial charge in [-0.1, -0.05) is 23.4 Å². The van der Waals surface area contributed by atoms with Crippen molar-refractivity contribution in [1.29, 1.82) is 0 Å². The summed E-state index contributed by atoms with van der Waals surface area (Å²) in [5, 5.41) is 5.10. The highest BCUT2D eigenvalue weighted by atomic mass is 16.5. The Bertz CT molecular complexity index is 825. The molecule has 1 aromatic carbocycles. The number of pyridine rings is 1. The highest BCUT2D eigenvalue weighted by Gasteiger charge is 2.25. The lowest BCUT2D eigenvalue weighted by atomic mass is 10.1. The minimum Gasteiger partial charge on any atom is -0.477 e. The molecule has 1 atom stereocenters. The Morgan fingerprint density at radius 2 is 2.17 bits per heavy atom. The predicted molar refractivity (Wildman–Crippen MR) is 84.1 cm³/mol. The van der Waals surface area contributed by atoms with Gasteiger partial charge in [-0.25, -0.2) is 4.98 Å². The molecule has 0 bridgehead atoms. The molecule has 23 heavy (non-hydrogen) atoms. The Morgan fingerprint density at radius 1 is 1.26 bits per heavy atom. The van der Waals surface area contributed by atoms with E-state index in [0.717, 1.165) is 35.9 Å². The molecule has 3 heterocycles. The van der Waals surface area contributed by atoms with Crippen LogP contribution in [0.25, 0.3) is 22.3 Å². The minimum absolute atomic E-state index is 0.0970. The Hall–Kier alpha value is -2.47. The molecule has 1 fully saturated rings. The number of para-hydroxylation sites is 1. The third-order valence-electron chi connectivity index (χ3n) is 3.86.